The molecule has 4 nitrogen and oxygen atoms in total. The number of nitrogens with two attached hydrogens (primary N) is 1. The van der Waals surface area contributed by atoms with Crippen molar-refractivity contribution in [2.24, 2.45) is 5.73 Å². The Hall–Kier alpha value is -1.94. The summed E-state index contributed by atoms with van der Waals surface area (Å²) in [6, 6.07) is 8.70. The van der Waals surface area contributed by atoms with Crippen LogP contribution in [0.3, 0.4) is 0 Å². The second-order valence-electron chi connectivity index (χ2n) is 5.67. The zero-order valence-corrected chi connectivity index (χ0v) is 12.8. The number of nitrogens with zero attached hydrogens (tertiary/aromatic N) is 3. The minimum atomic E-state index is 0.515. The van der Waals surface area contributed by atoms with Gasteiger partial charge < -0.3 is 10.6 Å². The van der Waals surface area contributed by atoms with Crippen LogP contribution in [0.15, 0.2) is 24.3 Å². The minimum absolute atomic E-state index is 0.515. The van der Waals surface area contributed by atoms with Crippen molar-refractivity contribution in [3.63, 3.8) is 0 Å². The van der Waals surface area contributed by atoms with Crippen LogP contribution < -0.4 is 10.6 Å². The van der Waals surface area contributed by atoms with Gasteiger partial charge in [-0.15, -0.1) is 5.10 Å². The highest BCUT2D eigenvalue weighted by molar-refractivity contribution is 5.51. The van der Waals surface area contributed by atoms with E-state index in [2.05, 4.69) is 46.3 Å². The van der Waals surface area contributed by atoms with Crippen molar-refractivity contribution in [2.75, 3.05) is 18.0 Å². The maximum absolute atomic E-state index is 5.96. The molecule has 1 aromatic carbocycles. The molecule has 2 aromatic rings. The quantitative estimate of drug-likeness (QED) is 0.917. The lowest BCUT2D eigenvalue weighted by molar-refractivity contribution is 0.757. The smallest absolute Gasteiger partial charge is 0.156 e. The molecule has 0 spiro atoms. The van der Waals surface area contributed by atoms with Gasteiger partial charge in [0, 0.05) is 25.2 Å². The molecule has 0 fully saturated rings. The average Bonchev–Trinajstić information content (AvgIpc) is 2.72. The van der Waals surface area contributed by atoms with E-state index >= 15 is 0 Å². The van der Waals surface area contributed by atoms with Crippen molar-refractivity contribution >= 4 is 5.82 Å². The van der Waals surface area contributed by atoms with Gasteiger partial charge in [0.2, 0.25) is 0 Å². The Morgan fingerprint density at radius 3 is 2.24 bits per heavy atom. The Bertz CT molecular complexity index is 624. The monoisotopic (exact) mass is 282 g/mol. The molecule has 0 amide bonds. The Morgan fingerprint density at radius 1 is 1.05 bits per heavy atom. The third kappa shape index (κ3) is 2.63. The molecular formula is C17H22N4. The van der Waals surface area contributed by atoms with Crippen molar-refractivity contribution in [1.82, 2.24) is 10.2 Å². The largest absolute Gasteiger partial charge is 0.354 e. The summed E-state index contributed by atoms with van der Waals surface area (Å²) in [6.07, 6.45) is 2.10. The minimum Gasteiger partial charge on any atom is -0.354 e. The molecule has 0 unspecified atom stereocenters. The van der Waals surface area contributed by atoms with Gasteiger partial charge >= 0.3 is 0 Å². The van der Waals surface area contributed by atoms with E-state index in [1.807, 2.05) is 6.92 Å². The van der Waals surface area contributed by atoms with Gasteiger partial charge in [0.05, 0.1) is 5.69 Å². The maximum Gasteiger partial charge on any atom is 0.156 e. The molecule has 4 heteroatoms. The molecule has 0 bridgehead atoms. The predicted molar refractivity (Wildman–Crippen MR) is 85.5 cm³/mol. The number of aromatic nitrogens is 2. The number of hydrogen-bond donors (Lipinski definition) is 1. The van der Waals surface area contributed by atoms with Gasteiger partial charge in [-0.25, -0.2) is 0 Å². The van der Waals surface area contributed by atoms with Crippen LogP contribution in [-0.4, -0.2) is 23.3 Å². The van der Waals surface area contributed by atoms with Crippen LogP contribution in [0.1, 0.15) is 27.9 Å². The molecule has 0 saturated heterocycles. The first kappa shape index (κ1) is 14.0. The fourth-order valence-electron chi connectivity index (χ4n) is 3.02. The molecule has 1 aliphatic rings. The predicted octanol–water partition coefficient (Wildman–Crippen LogP) is 2.16. The molecule has 0 atom stereocenters. The van der Waals surface area contributed by atoms with E-state index in [0.29, 0.717) is 6.54 Å². The molecule has 0 saturated carbocycles. The van der Waals surface area contributed by atoms with Crippen LogP contribution in [0.25, 0.3) is 0 Å². The molecule has 1 aliphatic heterocycles. The second-order valence-corrected chi connectivity index (χ2v) is 5.67. The van der Waals surface area contributed by atoms with Crippen LogP contribution in [0.2, 0.25) is 0 Å². The van der Waals surface area contributed by atoms with Gasteiger partial charge in [-0.1, -0.05) is 24.3 Å². The maximum atomic E-state index is 5.96. The van der Waals surface area contributed by atoms with Gasteiger partial charge in [-0.3, -0.25) is 0 Å². The molecule has 2 heterocycles. The first-order valence-electron chi connectivity index (χ1n) is 7.55. The zero-order valence-electron chi connectivity index (χ0n) is 12.8. The summed E-state index contributed by atoms with van der Waals surface area (Å²) in [6.45, 7) is 6.54. The molecule has 2 N–H and O–H groups in total. The van der Waals surface area contributed by atoms with E-state index in [0.717, 1.165) is 43.0 Å². The number of benzene rings is 1. The van der Waals surface area contributed by atoms with Crippen molar-refractivity contribution in [2.45, 2.75) is 33.2 Å². The first-order chi connectivity index (χ1) is 10.2. The van der Waals surface area contributed by atoms with E-state index in [1.54, 1.807) is 0 Å². The van der Waals surface area contributed by atoms with Crippen molar-refractivity contribution < 1.29 is 0 Å². The molecule has 21 heavy (non-hydrogen) atoms. The number of rotatable bonds is 2. The molecular weight excluding hydrogens is 260 g/mol. The van der Waals surface area contributed by atoms with Gasteiger partial charge in [0.15, 0.2) is 5.82 Å². The van der Waals surface area contributed by atoms with Crippen molar-refractivity contribution in [3.8, 4) is 0 Å². The van der Waals surface area contributed by atoms with Crippen LogP contribution >= 0.6 is 0 Å². The summed E-state index contributed by atoms with van der Waals surface area (Å²) in [4.78, 5) is 2.33. The van der Waals surface area contributed by atoms with E-state index in [1.165, 1.54) is 16.7 Å². The van der Waals surface area contributed by atoms with Crippen LogP contribution in [-0.2, 0) is 19.4 Å². The zero-order chi connectivity index (χ0) is 14.8. The third-order valence-electron chi connectivity index (χ3n) is 4.48. The van der Waals surface area contributed by atoms with Crippen LogP contribution in [0.5, 0.6) is 0 Å². The van der Waals surface area contributed by atoms with E-state index in [4.69, 9.17) is 5.73 Å². The summed E-state index contributed by atoms with van der Waals surface area (Å²) in [5, 5.41) is 8.73. The lowest BCUT2D eigenvalue weighted by Gasteiger charge is -2.24. The van der Waals surface area contributed by atoms with Gasteiger partial charge in [-0.2, -0.15) is 5.10 Å². The van der Waals surface area contributed by atoms with Crippen molar-refractivity contribution in [1.29, 1.82) is 0 Å². The fourth-order valence-corrected chi connectivity index (χ4v) is 3.02. The Kier molecular flexibility index (Phi) is 3.88. The number of hydrogen-bond acceptors (Lipinski definition) is 4. The second kappa shape index (κ2) is 5.82. The summed E-state index contributed by atoms with van der Waals surface area (Å²) in [5.74, 6) is 0.966. The fraction of sp³-hybridized carbons (Fsp3) is 0.412. The van der Waals surface area contributed by atoms with Gasteiger partial charge in [0.25, 0.3) is 0 Å². The molecule has 0 aliphatic carbocycles. The highest BCUT2D eigenvalue weighted by atomic mass is 15.3. The molecule has 3 rings (SSSR count). The Balaban J connectivity index is 1.91. The summed E-state index contributed by atoms with van der Waals surface area (Å²) in [5.41, 5.74) is 12.1. The van der Waals surface area contributed by atoms with Crippen LogP contribution in [0, 0.1) is 13.8 Å². The van der Waals surface area contributed by atoms with Crippen LogP contribution in [0.4, 0.5) is 5.82 Å². The molecule has 1 aromatic heterocycles. The van der Waals surface area contributed by atoms with E-state index in [9.17, 15) is 0 Å². The number of anilines is 1. The van der Waals surface area contributed by atoms with Crippen molar-refractivity contribution in [3.05, 3.63) is 52.2 Å². The third-order valence-corrected chi connectivity index (χ3v) is 4.48. The standard InChI is InChI=1S/C17H22N4/c1-12-13(2)19-20-17(16(12)11-18)21-9-7-14-5-3-4-6-15(14)8-10-21/h3-6H,7-11,18H2,1-2H3. The lowest BCUT2D eigenvalue weighted by Crippen LogP contribution is -2.29. The average molecular weight is 282 g/mol. The lowest BCUT2D eigenvalue weighted by atomic mass is 10.0. The molecule has 110 valence electrons. The van der Waals surface area contributed by atoms with Gasteiger partial charge in [-0.05, 0) is 43.4 Å². The highest BCUT2D eigenvalue weighted by Gasteiger charge is 2.19. The highest BCUT2D eigenvalue weighted by Crippen LogP contribution is 2.24. The number of aryl methyl sites for hydroxylation is 1. The van der Waals surface area contributed by atoms with E-state index in [-0.39, 0.29) is 0 Å². The normalized spacial score (nSPS) is 14.7. The van der Waals surface area contributed by atoms with Gasteiger partial charge in [0.1, 0.15) is 0 Å². The Labute approximate surface area is 126 Å². The summed E-state index contributed by atoms with van der Waals surface area (Å²) >= 11 is 0. The summed E-state index contributed by atoms with van der Waals surface area (Å²) < 4.78 is 0. The SMILES string of the molecule is Cc1nnc(N2CCc3ccccc3CC2)c(CN)c1C. The topological polar surface area (TPSA) is 55.0 Å². The Morgan fingerprint density at radius 2 is 1.67 bits per heavy atom. The first-order valence-corrected chi connectivity index (χ1v) is 7.55. The van der Waals surface area contributed by atoms with E-state index < -0.39 is 0 Å². The molecule has 0 radical (unpaired) electrons. The summed E-state index contributed by atoms with van der Waals surface area (Å²) in [7, 11) is 0. The number of fused-ring (bicyclic) bond motifs is 1.